The fourth-order valence-corrected chi connectivity index (χ4v) is 5.02. The highest BCUT2D eigenvalue weighted by Gasteiger charge is 2.33. The lowest BCUT2D eigenvalue weighted by Crippen LogP contribution is -2.41. The van der Waals surface area contributed by atoms with E-state index in [0.717, 1.165) is 22.4 Å². The highest BCUT2D eigenvalue weighted by atomic mass is 32.2. The van der Waals surface area contributed by atoms with Crippen molar-refractivity contribution in [1.82, 2.24) is 4.72 Å². The Bertz CT molecular complexity index is 893. The average Bonchev–Trinajstić information content (AvgIpc) is 2.66. The van der Waals surface area contributed by atoms with E-state index >= 15 is 0 Å². The highest BCUT2D eigenvalue weighted by molar-refractivity contribution is 7.89. The molecule has 0 saturated heterocycles. The number of ether oxygens (including phenoxy) is 1. The Balaban J connectivity index is 1.88. The van der Waals surface area contributed by atoms with Crippen LogP contribution in [0.4, 0.5) is 0 Å². The first-order valence-electron chi connectivity index (χ1n) is 9.20. The summed E-state index contributed by atoms with van der Waals surface area (Å²) in [6, 6.07) is 12.6. The lowest BCUT2D eigenvalue weighted by Gasteiger charge is -2.35. The van der Waals surface area contributed by atoms with Gasteiger partial charge < -0.3 is 9.84 Å². The zero-order chi connectivity index (χ0) is 19.6. The van der Waals surface area contributed by atoms with Crippen LogP contribution in [0.3, 0.4) is 0 Å². The second-order valence-corrected chi connectivity index (χ2v) is 9.12. The molecule has 0 aromatic heterocycles. The molecule has 0 unspecified atom stereocenters. The van der Waals surface area contributed by atoms with E-state index in [2.05, 4.69) is 4.72 Å². The molecule has 146 valence electrons. The predicted molar refractivity (Wildman–Crippen MR) is 106 cm³/mol. The Hall–Kier alpha value is -1.89. The zero-order valence-corrected chi connectivity index (χ0v) is 16.8. The van der Waals surface area contributed by atoms with Crippen molar-refractivity contribution in [2.75, 3.05) is 13.7 Å². The number of aliphatic hydroxyl groups is 1. The van der Waals surface area contributed by atoms with E-state index < -0.39 is 10.0 Å². The Kier molecular flexibility index (Phi) is 5.89. The summed E-state index contributed by atoms with van der Waals surface area (Å²) in [5.41, 5.74) is 3.26. The predicted octanol–water partition coefficient (Wildman–Crippen LogP) is 3.01. The van der Waals surface area contributed by atoms with Crippen LogP contribution in [0.1, 0.15) is 36.0 Å². The fourth-order valence-electron chi connectivity index (χ4n) is 3.77. The number of nitrogens with one attached hydrogen (secondary N) is 1. The van der Waals surface area contributed by atoms with Gasteiger partial charge in [0.1, 0.15) is 5.75 Å². The highest BCUT2D eigenvalue weighted by Crippen LogP contribution is 2.39. The van der Waals surface area contributed by atoms with Gasteiger partial charge >= 0.3 is 0 Å². The first kappa shape index (κ1) is 19.9. The summed E-state index contributed by atoms with van der Waals surface area (Å²) < 4.78 is 33.8. The molecule has 5 nitrogen and oxygen atoms in total. The smallest absolute Gasteiger partial charge is 0.240 e. The number of aryl methyl sites for hydroxylation is 1. The minimum absolute atomic E-state index is 0.0301. The van der Waals surface area contributed by atoms with Crippen molar-refractivity contribution in [2.24, 2.45) is 5.92 Å². The minimum atomic E-state index is -3.59. The van der Waals surface area contributed by atoms with E-state index in [1.54, 1.807) is 31.4 Å². The molecule has 27 heavy (non-hydrogen) atoms. The summed E-state index contributed by atoms with van der Waals surface area (Å²) in [5.74, 6) is 0.879. The van der Waals surface area contributed by atoms with Crippen LogP contribution in [-0.4, -0.2) is 33.3 Å². The normalized spacial score (nSPS) is 20.7. The number of fused-ring (bicyclic) bond motifs is 1. The molecule has 0 saturated carbocycles. The minimum Gasteiger partial charge on any atom is -0.497 e. The molecule has 0 aliphatic heterocycles. The SMILES string of the molecule is COc1ccc2c(c1)[C@H]([C@@H](C)CO)C[C@H](NS(=O)(=O)c1ccc(C)cc1)C2. The third kappa shape index (κ3) is 4.34. The van der Waals surface area contributed by atoms with Gasteiger partial charge in [-0.05, 0) is 67.0 Å². The van der Waals surface area contributed by atoms with Crippen LogP contribution < -0.4 is 9.46 Å². The van der Waals surface area contributed by atoms with Crippen LogP contribution in [0.25, 0.3) is 0 Å². The van der Waals surface area contributed by atoms with Crippen LogP contribution in [0.15, 0.2) is 47.4 Å². The van der Waals surface area contributed by atoms with E-state index in [9.17, 15) is 13.5 Å². The van der Waals surface area contributed by atoms with Crippen LogP contribution >= 0.6 is 0 Å². The third-order valence-electron chi connectivity index (χ3n) is 5.39. The number of hydrogen-bond acceptors (Lipinski definition) is 4. The molecule has 2 aromatic carbocycles. The number of benzene rings is 2. The van der Waals surface area contributed by atoms with E-state index in [-0.39, 0.29) is 29.4 Å². The number of hydrogen-bond donors (Lipinski definition) is 2. The molecule has 0 radical (unpaired) electrons. The van der Waals surface area contributed by atoms with E-state index in [1.807, 2.05) is 32.0 Å². The average molecular weight is 390 g/mol. The standard InChI is InChI=1S/C21H27NO4S/c1-14-4-8-19(9-5-14)27(24,25)22-17-10-16-6-7-18(26-3)12-21(16)20(11-17)15(2)13-23/h4-9,12,15,17,20,22-23H,10-11,13H2,1-3H3/t15-,17+,20-/m0/s1. The summed E-state index contributed by atoms with van der Waals surface area (Å²) in [5, 5.41) is 9.69. The maximum absolute atomic E-state index is 12.8. The van der Waals surface area contributed by atoms with Gasteiger partial charge in [0.15, 0.2) is 0 Å². The van der Waals surface area contributed by atoms with Crippen molar-refractivity contribution < 1.29 is 18.3 Å². The summed E-state index contributed by atoms with van der Waals surface area (Å²) in [6.45, 7) is 3.97. The molecule has 0 amide bonds. The van der Waals surface area contributed by atoms with Gasteiger partial charge in [0.25, 0.3) is 0 Å². The van der Waals surface area contributed by atoms with E-state index in [0.29, 0.717) is 12.8 Å². The monoisotopic (exact) mass is 389 g/mol. The lowest BCUT2D eigenvalue weighted by atomic mass is 9.75. The van der Waals surface area contributed by atoms with Gasteiger partial charge in [0.2, 0.25) is 10.0 Å². The third-order valence-corrected chi connectivity index (χ3v) is 6.92. The van der Waals surface area contributed by atoms with Crippen LogP contribution in [-0.2, 0) is 16.4 Å². The maximum atomic E-state index is 12.8. The van der Waals surface area contributed by atoms with E-state index in [4.69, 9.17) is 4.74 Å². The van der Waals surface area contributed by atoms with Gasteiger partial charge in [0.05, 0.1) is 12.0 Å². The quantitative estimate of drug-likeness (QED) is 0.796. The molecule has 2 aromatic rings. The Morgan fingerprint density at radius 2 is 1.93 bits per heavy atom. The number of rotatable bonds is 6. The first-order valence-corrected chi connectivity index (χ1v) is 10.7. The van der Waals surface area contributed by atoms with E-state index in [1.165, 1.54) is 0 Å². The molecule has 0 fully saturated rings. The topological polar surface area (TPSA) is 75.6 Å². The molecule has 0 bridgehead atoms. The second kappa shape index (κ2) is 8.00. The van der Waals surface area contributed by atoms with Gasteiger partial charge in [-0.1, -0.05) is 30.7 Å². The van der Waals surface area contributed by atoms with Gasteiger partial charge in [-0.15, -0.1) is 0 Å². The van der Waals surface area contributed by atoms with Gasteiger partial charge in [-0.3, -0.25) is 0 Å². The summed E-state index contributed by atoms with van der Waals surface area (Å²) >= 11 is 0. The molecule has 6 heteroatoms. The zero-order valence-electron chi connectivity index (χ0n) is 16.0. The summed E-state index contributed by atoms with van der Waals surface area (Å²) in [7, 11) is -1.95. The van der Waals surface area contributed by atoms with Crippen molar-refractivity contribution in [1.29, 1.82) is 0 Å². The molecule has 1 aliphatic carbocycles. The van der Waals surface area contributed by atoms with Crippen LogP contribution in [0.2, 0.25) is 0 Å². The first-order chi connectivity index (χ1) is 12.8. The lowest BCUT2D eigenvalue weighted by molar-refractivity contribution is 0.203. The number of methoxy groups -OCH3 is 1. The second-order valence-electron chi connectivity index (χ2n) is 7.40. The molecule has 1 aliphatic rings. The van der Waals surface area contributed by atoms with Gasteiger partial charge in [0, 0.05) is 12.6 Å². The number of sulfonamides is 1. The van der Waals surface area contributed by atoms with Crippen LogP contribution in [0.5, 0.6) is 5.75 Å². The maximum Gasteiger partial charge on any atom is 0.240 e. The molecular weight excluding hydrogens is 362 g/mol. The Labute approximate surface area is 161 Å². The largest absolute Gasteiger partial charge is 0.497 e. The molecular formula is C21H27NO4S. The Morgan fingerprint density at radius 3 is 2.56 bits per heavy atom. The number of aliphatic hydroxyl groups excluding tert-OH is 1. The van der Waals surface area contributed by atoms with Gasteiger partial charge in [-0.2, -0.15) is 0 Å². The Morgan fingerprint density at radius 1 is 1.22 bits per heavy atom. The van der Waals surface area contributed by atoms with Crippen molar-refractivity contribution in [3.05, 3.63) is 59.2 Å². The van der Waals surface area contributed by atoms with Crippen molar-refractivity contribution in [3.63, 3.8) is 0 Å². The summed E-state index contributed by atoms with van der Waals surface area (Å²) in [6.07, 6.45) is 1.27. The molecule has 3 rings (SSSR count). The summed E-state index contributed by atoms with van der Waals surface area (Å²) in [4.78, 5) is 0.278. The van der Waals surface area contributed by atoms with Gasteiger partial charge in [-0.25, -0.2) is 13.1 Å². The van der Waals surface area contributed by atoms with Crippen molar-refractivity contribution in [2.45, 2.75) is 43.5 Å². The fraction of sp³-hybridized carbons (Fsp3) is 0.429. The molecule has 0 heterocycles. The van der Waals surface area contributed by atoms with Crippen LogP contribution in [0, 0.1) is 12.8 Å². The molecule has 3 atom stereocenters. The van der Waals surface area contributed by atoms with Crippen molar-refractivity contribution >= 4 is 10.0 Å². The van der Waals surface area contributed by atoms with Crippen molar-refractivity contribution in [3.8, 4) is 5.75 Å². The molecule has 0 spiro atoms. The molecule has 2 N–H and O–H groups in total.